The molecule has 0 unspecified atom stereocenters. The fraction of sp³-hybridized carbons (Fsp3) is 0.565. The lowest BCUT2D eigenvalue weighted by atomic mass is 10.2. The van der Waals surface area contributed by atoms with E-state index in [2.05, 4.69) is 34.7 Å². The van der Waals surface area contributed by atoms with E-state index >= 15 is 0 Å². The number of hydrogen-bond acceptors (Lipinski definition) is 6. The number of urea groups is 1. The van der Waals surface area contributed by atoms with Crippen LogP contribution in [-0.2, 0) is 8.98 Å². The molecule has 0 aliphatic carbocycles. The quantitative estimate of drug-likeness (QED) is 0.148. The van der Waals surface area contributed by atoms with Crippen LogP contribution in [0.1, 0.15) is 26.2 Å². The summed E-state index contributed by atoms with van der Waals surface area (Å²) in [7, 11) is 3.21. The second kappa shape index (κ2) is 15.6. The van der Waals surface area contributed by atoms with Crippen LogP contribution in [-0.4, -0.2) is 91.2 Å². The number of likely N-dealkylation sites (N-methyl/N-ethyl adjacent to an activating group) is 1. The van der Waals surface area contributed by atoms with Gasteiger partial charge in [-0.15, -0.1) is 0 Å². The minimum Gasteiger partial charge on any atom is -0.426 e. The Morgan fingerprint density at radius 3 is 2.45 bits per heavy atom. The zero-order valence-electron chi connectivity index (χ0n) is 19.5. The average Bonchev–Trinajstić information content (AvgIpc) is 2.79. The van der Waals surface area contributed by atoms with E-state index in [9.17, 15) is 9.59 Å². The summed E-state index contributed by atoms with van der Waals surface area (Å²) in [5.41, 5.74) is 0. The largest absolute Gasteiger partial charge is 0.426 e. The number of unbranched alkanes of at least 4 members (excludes halogenated alkanes) is 1. The summed E-state index contributed by atoms with van der Waals surface area (Å²) in [6.45, 7) is 11.2. The molecule has 0 aromatic heterocycles. The third-order valence-electron chi connectivity index (χ3n) is 5.08. The first-order valence-electron chi connectivity index (χ1n) is 10.7. The molecular weight excluding hydrogens is 412 g/mol. The van der Waals surface area contributed by atoms with Crippen molar-refractivity contribution >= 4 is 24.0 Å². The number of imide groups is 1. The second-order valence-corrected chi connectivity index (χ2v) is 7.85. The zero-order valence-corrected chi connectivity index (χ0v) is 20.3. The molecular formula is C23H38N4O3S. The minimum atomic E-state index is -0.382. The molecule has 8 heteroatoms. The molecule has 1 fully saturated rings. The maximum absolute atomic E-state index is 12.1. The number of carbonyl (C=O) groups is 2. The van der Waals surface area contributed by atoms with Crippen molar-refractivity contribution in [2.75, 3.05) is 59.6 Å². The Labute approximate surface area is 192 Å². The van der Waals surface area contributed by atoms with E-state index in [4.69, 9.17) is 4.18 Å². The molecule has 0 bridgehead atoms. The van der Waals surface area contributed by atoms with Crippen LogP contribution < -0.4 is 0 Å². The Hall–Kier alpha value is -2.19. The van der Waals surface area contributed by atoms with Crippen LogP contribution in [0.2, 0.25) is 0 Å². The van der Waals surface area contributed by atoms with Crippen LogP contribution in [0.25, 0.3) is 0 Å². The molecule has 0 aromatic rings. The van der Waals surface area contributed by atoms with Crippen molar-refractivity contribution in [1.29, 1.82) is 0 Å². The van der Waals surface area contributed by atoms with E-state index in [1.807, 2.05) is 25.3 Å². The molecule has 3 amide bonds. The number of hydrogen-bond donors (Lipinski definition) is 0. The van der Waals surface area contributed by atoms with Crippen LogP contribution in [0.3, 0.4) is 0 Å². The van der Waals surface area contributed by atoms with Crippen LogP contribution in [0.15, 0.2) is 48.9 Å². The molecule has 0 saturated carbocycles. The summed E-state index contributed by atoms with van der Waals surface area (Å²) in [4.78, 5) is 31.2. The number of carbonyl (C=O) groups excluding carboxylic acids is 2. The van der Waals surface area contributed by atoms with Gasteiger partial charge >= 0.3 is 6.03 Å². The molecule has 174 valence electrons. The van der Waals surface area contributed by atoms with Crippen molar-refractivity contribution in [1.82, 2.24) is 19.6 Å². The van der Waals surface area contributed by atoms with E-state index in [0.29, 0.717) is 6.54 Å². The lowest BCUT2D eigenvalue weighted by molar-refractivity contribution is -0.122. The maximum Gasteiger partial charge on any atom is 0.326 e. The van der Waals surface area contributed by atoms with Crippen molar-refractivity contribution in [3.05, 3.63) is 48.9 Å². The predicted octanol–water partition coefficient (Wildman–Crippen LogP) is 3.74. The summed E-state index contributed by atoms with van der Waals surface area (Å²) in [5, 5.41) is 0. The Morgan fingerprint density at radius 2 is 1.84 bits per heavy atom. The van der Waals surface area contributed by atoms with Gasteiger partial charge in [-0.3, -0.25) is 14.6 Å². The van der Waals surface area contributed by atoms with E-state index in [0.717, 1.165) is 68.7 Å². The standard InChI is InChI=1S/C23H38N4O3S/c1-6-21(30-31-5)13-9-8-10-15-26-17-19-27(20-18-26)16-12-11-14-24(3)23(29)25(4)22(28)7-2/h6-7,9-10,13,15H,2,8,11-12,14,16-20H2,1,3-5H3/b13-9?,15-10+,21-6+. The molecule has 0 N–H and O–H groups in total. The van der Waals surface area contributed by atoms with Crippen LogP contribution in [0, 0.1) is 0 Å². The number of rotatable bonds is 12. The van der Waals surface area contributed by atoms with Gasteiger partial charge in [-0.2, -0.15) is 0 Å². The van der Waals surface area contributed by atoms with Crippen molar-refractivity contribution in [3.8, 4) is 0 Å². The summed E-state index contributed by atoms with van der Waals surface area (Å²) in [5.74, 6) is 0.495. The molecule has 1 saturated heterocycles. The highest BCUT2D eigenvalue weighted by Gasteiger charge is 2.18. The van der Waals surface area contributed by atoms with Crippen molar-refractivity contribution in [2.45, 2.75) is 26.2 Å². The number of nitrogens with zero attached hydrogens (tertiary/aromatic N) is 4. The molecule has 1 aliphatic rings. The lowest BCUT2D eigenvalue weighted by Gasteiger charge is -2.34. The Balaban J connectivity index is 2.19. The fourth-order valence-electron chi connectivity index (χ4n) is 3.14. The van der Waals surface area contributed by atoms with Gasteiger partial charge in [0.25, 0.3) is 5.91 Å². The van der Waals surface area contributed by atoms with E-state index in [1.54, 1.807) is 11.9 Å². The summed E-state index contributed by atoms with van der Waals surface area (Å²) >= 11 is 1.35. The van der Waals surface area contributed by atoms with Crippen molar-refractivity contribution < 1.29 is 13.8 Å². The first-order valence-corrected chi connectivity index (χ1v) is 11.9. The van der Waals surface area contributed by atoms with Gasteiger partial charge in [0, 0.05) is 53.1 Å². The highest BCUT2D eigenvalue weighted by molar-refractivity contribution is 7.94. The van der Waals surface area contributed by atoms with E-state index < -0.39 is 0 Å². The minimum absolute atomic E-state index is 0.293. The smallest absolute Gasteiger partial charge is 0.326 e. The van der Waals surface area contributed by atoms with Crippen molar-refractivity contribution in [2.24, 2.45) is 0 Å². The van der Waals surface area contributed by atoms with Gasteiger partial charge in [0.1, 0.15) is 5.76 Å². The van der Waals surface area contributed by atoms with Gasteiger partial charge in [0.05, 0.1) is 12.0 Å². The molecule has 0 atom stereocenters. The zero-order chi connectivity index (χ0) is 23.1. The summed E-state index contributed by atoms with van der Waals surface area (Å²) in [6, 6.07) is -0.293. The normalized spacial score (nSPS) is 15.5. The van der Waals surface area contributed by atoms with Gasteiger partial charge in [-0.25, -0.2) is 4.79 Å². The highest BCUT2D eigenvalue weighted by Crippen LogP contribution is 2.09. The molecule has 31 heavy (non-hydrogen) atoms. The molecule has 1 rings (SSSR count). The maximum atomic E-state index is 12.1. The first kappa shape index (κ1) is 26.8. The summed E-state index contributed by atoms with van der Waals surface area (Å²) in [6.07, 6.45) is 16.3. The monoisotopic (exact) mass is 450 g/mol. The molecule has 1 aliphatic heterocycles. The van der Waals surface area contributed by atoms with Gasteiger partial charge in [-0.1, -0.05) is 18.7 Å². The third kappa shape index (κ3) is 10.6. The molecule has 0 radical (unpaired) electrons. The third-order valence-corrected chi connectivity index (χ3v) is 5.44. The molecule has 0 spiro atoms. The molecule has 7 nitrogen and oxygen atoms in total. The summed E-state index contributed by atoms with van der Waals surface area (Å²) < 4.78 is 5.40. The highest BCUT2D eigenvalue weighted by atomic mass is 32.2. The van der Waals surface area contributed by atoms with Crippen LogP contribution >= 0.6 is 12.0 Å². The number of piperazine rings is 1. The van der Waals surface area contributed by atoms with Gasteiger partial charge < -0.3 is 14.0 Å². The number of amides is 3. The van der Waals surface area contributed by atoms with Crippen LogP contribution in [0.4, 0.5) is 4.79 Å². The second-order valence-electron chi connectivity index (χ2n) is 7.35. The lowest BCUT2D eigenvalue weighted by Crippen LogP contribution is -2.44. The molecule has 1 heterocycles. The topological polar surface area (TPSA) is 56.3 Å². The van der Waals surface area contributed by atoms with Crippen molar-refractivity contribution in [3.63, 3.8) is 0 Å². The van der Waals surface area contributed by atoms with E-state index in [-0.39, 0.29) is 11.9 Å². The fourth-order valence-corrected chi connectivity index (χ4v) is 3.49. The van der Waals surface area contributed by atoms with Crippen LogP contribution in [0.5, 0.6) is 0 Å². The first-order chi connectivity index (χ1) is 14.9. The predicted molar refractivity (Wildman–Crippen MR) is 129 cm³/mol. The van der Waals surface area contributed by atoms with Gasteiger partial charge in [0.15, 0.2) is 0 Å². The van der Waals surface area contributed by atoms with Gasteiger partial charge in [0.2, 0.25) is 0 Å². The Kier molecular flexibility index (Phi) is 13.5. The Bertz CT molecular complexity index is 655. The molecule has 0 aromatic carbocycles. The Morgan fingerprint density at radius 1 is 1.13 bits per heavy atom. The number of allylic oxidation sites excluding steroid dienone is 4. The SMILES string of the molecule is C=CC(=O)N(C)C(=O)N(C)CCCCN1CCN(/C=C/CC=C/C(=C\C)OSC)CC1. The van der Waals surface area contributed by atoms with Gasteiger partial charge in [-0.05, 0) is 57.2 Å². The van der Waals surface area contributed by atoms with E-state index in [1.165, 1.54) is 19.1 Å². The average molecular weight is 451 g/mol.